The normalized spacial score (nSPS) is 13.7. The SMILES string of the molecule is O=C(NCc1cccc(N2CCOC2=O)c1)Nc1nc2ccccc2s1. The Hall–Kier alpha value is -3.13. The molecule has 0 saturated carbocycles. The van der Waals surface area contributed by atoms with E-state index in [2.05, 4.69) is 15.6 Å². The van der Waals surface area contributed by atoms with Gasteiger partial charge in [0.2, 0.25) is 0 Å². The van der Waals surface area contributed by atoms with Gasteiger partial charge in [0.25, 0.3) is 0 Å². The van der Waals surface area contributed by atoms with Crippen LogP contribution in [0.15, 0.2) is 48.5 Å². The van der Waals surface area contributed by atoms with Gasteiger partial charge in [-0.25, -0.2) is 14.6 Å². The number of thiazole rings is 1. The van der Waals surface area contributed by atoms with Crippen molar-refractivity contribution in [3.8, 4) is 0 Å². The molecule has 2 aromatic carbocycles. The Morgan fingerprint density at radius 1 is 1.23 bits per heavy atom. The Balaban J connectivity index is 1.37. The van der Waals surface area contributed by atoms with Gasteiger partial charge < -0.3 is 10.1 Å². The van der Waals surface area contributed by atoms with Crippen molar-refractivity contribution in [2.24, 2.45) is 0 Å². The lowest BCUT2D eigenvalue weighted by molar-refractivity contribution is 0.181. The van der Waals surface area contributed by atoms with Crippen LogP contribution in [0.25, 0.3) is 10.2 Å². The predicted molar refractivity (Wildman–Crippen MR) is 101 cm³/mol. The van der Waals surface area contributed by atoms with Crippen LogP contribution in [0.2, 0.25) is 0 Å². The summed E-state index contributed by atoms with van der Waals surface area (Å²) in [4.78, 5) is 29.7. The van der Waals surface area contributed by atoms with Crippen LogP contribution in [0.4, 0.5) is 20.4 Å². The number of carbonyl (C=O) groups excluding carboxylic acids is 2. The second-order valence-corrected chi connectivity index (χ2v) is 6.76. The predicted octanol–water partition coefficient (Wildman–Crippen LogP) is 3.57. The van der Waals surface area contributed by atoms with Crippen molar-refractivity contribution in [2.75, 3.05) is 23.4 Å². The van der Waals surface area contributed by atoms with Gasteiger partial charge in [-0.2, -0.15) is 0 Å². The number of cyclic esters (lactones) is 1. The van der Waals surface area contributed by atoms with Crippen molar-refractivity contribution in [3.05, 3.63) is 54.1 Å². The van der Waals surface area contributed by atoms with Gasteiger partial charge in [-0.15, -0.1) is 0 Å². The van der Waals surface area contributed by atoms with Crippen molar-refractivity contribution < 1.29 is 14.3 Å². The van der Waals surface area contributed by atoms with Gasteiger partial charge in [0.15, 0.2) is 5.13 Å². The van der Waals surface area contributed by atoms with Gasteiger partial charge in [-0.3, -0.25) is 10.2 Å². The van der Waals surface area contributed by atoms with Crippen LogP contribution >= 0.6 is 11.3 Å². The lowest BCUT2D eigenvalue weighted by atomic mass is 10.2. The zero-order valence-electron chi connectivity index (χ0n) is 13.8. The molecule has 0 unspecified atom stereocenters. The molecule has 8 heteroatoms. The van der Waals surface area contributed by atoms with E-state index in [4.69, 9.17) is 4.74 Å². The second kappa shape index (κ2) is 7.01. The maximum Gasteiger partial charge on any atom is 0.414 e. The third kappa shape index (κ3) is 3.45. The van der Waals surface area contributed by atoms with Crippen molar-refractivity contribution >= 4 is 44.5 Å². The van der Waals surface area contributed by atoms with Gasteiger partial charge >= 0.3 is 12.1 Å². The fraction of sp³-hybridized carbons (Fsp3) is 0.167. The number of benzene rings is 2. The molecular weight excluding hydrogens is 352 g/mol. The maximum atomic E-state index is 12.1. The van der Waals surface area contributed by atoms with Crippen LogP contribution in [0, 0.1) is 0 Å². The topological polar surface area (TPSA) is 83.6 Å². The van der Waals surface area contributed by atoms with Gasteiger partial charge in [0.1, 0.15) is 6.61 Å². The van der Waals surface area contributed by atoms with Crippen molar-refractivity contribution in [1.29, 1.82) is 0 Å². The van der Waals surface area contributed by atoms with Crippen LogP contribution in [0.1, 0.15) is 5.56 Å². The summed E-state index contributed by atoms with van der Waals surface area (Å²) in [5.74, 6) is 0. The molecule has 3 amide bonds. The fourth-order valence-electron chi connectivity index (χ4n) is 2.71. The maximum absolute atomic E-state index is 12.1. The number of aromatic nitrogens is 1. The number of urea groups is 1. The number of nitrogens with one attached hydrogen (secondary N) is 2. The molecule has 0 bridgehead atoms. The van der Waals surface area contributed by atoms with E-state index in [9.17, 15) is 9.59 Å². The number of rotatable bonds is 4. The highest BCUT2D eigenvalue weighted by Crippen LogP contribution is 2.25. The first-order valence-corrected chi connectivity index (χ1v) is 8.94. The highest BCUT2D eigenvalue weighted by Gasteiger charge is 2.23. The molecule has 2 N–H and O–H groups in total. The van der Waals surface area contributed by atoms with E-state index >= 15 is 0 Å². The minimum absolute atomic E-state index is 0.324. The number of nitrogens with zero attached hydrogens (tertiary/aromatic N) is 2. The monoisotopic (exact) mass is 368 g/mol. The van der Waals surface area contributed by atoms with E-state index in [1.807, 2.05) is 48.5 Å². The minimum atomic E-state index is -0.344. The summed E-state index contributed by atoms with van der Waals surface area (Å²) in [6.45, 7) is 1.27. The Bertz CT molecular complexity index is 939. The molecule has 7 nitrogen and oxygen atoms in total. The lowest BCUT2D eigenvalue weighted by Gasteiger charge is -2.14. The zero-order chi connectivity index (χ0) is 17.9. The highest BCUT2D eigenvalue weighted by molar-refractivity contribution is 7.22. The van der Waals surface area contributed by atoms with E-state index in [0.29, 0.717) is 24.8 Å². The molecule has 1 aliphatic rings. The number of carbonyl (C=O) groups is 2. The molecule has 1 aromatic heterocycles. The van der Waals surface area contributed by atoms with Crippen LogP contribution in [-0.2, 0) is 11.3 Å². The van der Waals surface area contributed by atoms with Crippen molar-refractivity contribution in [3.63, 3.8) is 0 Å². The Kier molecular flexibility index (Phi) is 4.40. The standard InChI is InChI=1S/C18H16N4O3S/c23-16(21-17-20-14-6-1-2-7-15(14)26-17)19-11-12-4-3-5-13(10-12)22-8-9-25-18(22)24/h1-7,10H,8-9,11H2,(H2,19,20,21,23). The number of amides is 3. The van der Waals surface area contributed by atoms with E-state index in [1.165, 1.54) is 11.3 Å². The molecule has 0 aliphatic carbocycles. The minimum Gasteiger partial charge on any atom is -0.447 e. The van der Waals surface area contributed by atoms with Crippen LogP contribution in [0.3, 0.4) is 0 Å². The molecule has 0 atom stereocenters. The molecule has 26 heavy (non-hydrogen) atoms. The van der Waals surface area contributed by atoms with Crippen LogP contribution in [0.5, 0.6) is 0 Å². The molecule has 0 spiro atoms. The van der Waals surface area contributed by atoms with Crippen molar-refractivity contribution in [1.82, 2.24) is 10.3 Å². The first-order chi connectivity index (χ1) is 12.7. The molecular formula is C18H16N4O3S. The summed E-state index contributed by atoms with van der Waals surface area (Å²) in [6, 6.07) is 14.8. The number of anilines is 2. The smallest absolute Gasteiger partial charge is 0.414 e. The fourth-order valence-corrected chi connectivity index (χ4v) is 3.57. The number of ether oxygens (including phenoxy) is 1. The van der Waals surface area contributed by atoms with E-state index < -0.39 is 0 Å². The molecule has 1 aliphatic heterocycles. The molecule has 2 heterocycles. The Morgan fingerprint density at radius 3 is 2.92 bits per heavy atom. The number of hydrogen-bond acceptors (Lipinski definition) is 5. The van der Waals surface area contributed by atoms with E-state index in [1.54, 1.807) is 4.90 Å². The molecule has 1 fully saturated rings. The molecule has 0 radical (unpaired) electrons. The average Bonchev–Trinajstić information content (AvgIpc) is 3.25. The zero-order valence-corrected chi connectivity index (χ0v) is 14.6. The lowest BCUT2D eigenvalue weighted by Crippen LogP contribution is -2.28. The van der Waals surface area contributed by atoms with E-state index in [-0.39, 0.29) is 12.1 Å². The molecule has 4 rings (SSSR count). The molecule has 1 saturated heterocycles. The largest absolute Gasteiger partial charge is 0.447 e. The van der Waals surface area contributed by atoms with Crippen LogP contribution < -0.4 is 15.5 Å². The summed E-state index contributed by atoms with van der Waals surface area (Å²) in [5, 5.41) is 6.11. The Labute approximate surface area is 153 Å². The van der Waals surface area contributed by atoms with Crippen molar-refractivity contribution in [2.45, 2.75) is 6.54 Å². The number of para-hydroxylation sites is 1. The quantitative estimate of drug-likeness (QED) is 0.737. The van der Waals surface area contributed by atoms with Crippen LogP contribution in [-0.4, -0.2) is 30.3 Å². The van der Waals surface area contributed by atoms with Gasteiger partial charge in [0.05, 0.1) is 16.8 Å². The first kappa shape index (κ1) is 16.3. The van der Waals surface area contributed by atoms with Gasteiger partial charge in [-0.05, 0) is 29.8 Å². The first-order valence-electron chi connectivity index (χ1n) is 8.13. The highest BCUT2D eigenvalue weighted by atomic mass is 32.1. The Morgan fingerprint density at radius 2 is 2.12 bits per heavy atom. The van der Waals surface area contributed by atoms with Gasteiger partial charge in [-0.1, -0.05) is 35.6 Å². The molecule has 3 aromatic rings. The average molecular weight is 368 g/mol. The summed E-state index contributed by atoms with van der Waals surface area (Å²) in [7, 11) is 0. The number of fused-ring (bicyclic) bond motifs is 1. The number of hydrogen-bond donors (Lipinski definition) is 2. The third-order valence-electron chi connectivity index (χ3n) is 3.95. The summed E-state index contributed by atoms with van der Waals surface area (Å²) < 4.78 is 5.97. The summed E-state index contributed by atoms with van der Waals surface area (Å²) >= 11 is 1.43. The van der Waals surface area contributed by atoms with Gasteiger partial charge in [0, 0.05) is 12.2 Å². The summed E-state index contributed by atoms with van der Waals surface area (Å²) in [6.07, 6.45) is -0.344. The molecule has 132 valence electrons. The second-order valence-electron chi connectivity index (χ2n) is 5.73. The van der Waals surface area contributed by atoms with E-state index in [0.717, 1.165) is 21.5 Å². The summed E-state index contributed by atoms with van der Waals surface area (Å²) in [5.41, 5.74) is 2.51. The third-order valence-corrected chi connectivity index (χ3v) is 4.90.